The summed E-state index contributed by atoms with van der Waals surface area (Å²) < 4.78 is 1.19. The number of aromatic nitrogens is 3. The highest BCUT2D eigenvalue weighted by atomic mass is 32.1. The van der Waals surface area contributed by atoms with Crippen LogP contribution in [0.5, 0.6) is 0 Å². The van der Waals surface area contributed by atoms with Gasteiger partial charge in [0, 0.05) is 16.6 Å². The average molecular weight is 336 g/mol. The molecule has 0 aliphatic rings. The number of nitrogens with zero attached hydrogens (tertiary/aromatic N) is 2. The Bertz CT molecular complexity index is 814. The van der Waals surface area contributed by atoms with E-state index in [1.54, 1.807) is 18.3 Å². The fraction of sp³-hybridized carbons (Fsp3) is 0.467. The fourth-order valence-electron chi connectivity index (χ4n) is 2.12. The topological polar surface area (TPSA) is 96.9 Å². The number of rotatable bonds is 5. The standard InChI is InChI=1S/C15H20N4O3S/c1-5-11(14-16-9(3)10(4)23-14)17-12(20)7-19-6-8(2)13(21)18-15(19)22/h6,11H,5,7H2,1-4H3,(H,17,20)(H,18,21,22)/t11-/m1/s1. The Hall–Kier alpha value is -2.22. The van der Waals surface area contributed by atoms with Crippen molar-refractivity contribution in [1.82, 2.24) is 19.9 Å². The van der Waals surface area contributed by atoms with Gasteiger partial charge >= 0.3 is 5.69 Å². The van der Waals surface area contributed by atoms with Gasteiger partial charge in [0.1, 0.15) is 11.6 Å². The molecular weight excluding hydrogens is 316 g/mol. The molecule has 124 valence electrons. The van der Waals surface area contributed by atoms with E-state index in [1.807, 2.05) is 20.8 Å². The van der Waals surface area contributed by atoms with Crippen molar-refractivity contribution in [3.8, 4) is 0 Å². The minimum absolute atomic E-state index is 0.143. The Labute approximate surface area is 137 Å². The zero-order chi connectivity index (χ0) is 17.1. The average Bonchev–Trinajstić information content (AvgIpc) is 2.81. The number of aryl methyl sites for hydroxylation is 3. The smallest absolute Gasteiger partial charge is 0.328 e. The van der Waals surface area contributed by atoms with Gasteiger partial charge < -0.3 is 5.32 Å². The van der Waals surface area contributed by atoms with Crippen molar-refractivity contribution in [3.05, 3.63) is 48.2 Å². The number of nitrogens with one attached hydrogen (secondary N) is 2. The molecule has 0 bridgehead atoms. The summed E-state index contributed by atoms with van der Waals surface area (Å²) in [5.41, 5.74) is 0.317. The summed E-state index contributed by atoms with van der Waals surface area (Å²) in [6.07, 6.45) is 2.09. The van der Waals surface area contributed by atoms with Crippen LogP contribution in [0.1, 0.15) is 40.5 Å². The quantitative estimate of drug-likeness (QED) is 0.857. The number of amides is 1. The molecule has 7 nitrogen and oxygen atoms in total. The second-order valence-electron chi connectivity index (χ2n) is 5.42. The number of H-pyrrole nitrogens is 1. The zero-order valence-corrected chi connectivity index (χ0v) is 14.4. The highest BCUT2D eigenvalue weighted by Gasteiger charge is 2.18. The molecule has 0 aliphatic carbocycles. The third-order valence-electron chi connectivity index (χ3n) is 3.59. The van der Waals surface area contributed by atoms with Crippen molar-refractivity contribution >= 4 is 17.2 Å². The van der Waals surface area contributed by atoms with Crippen molar-refractivity contribution in [2.24, 2.45) is 0 Å². The Morgan fingerprint density at radius 2 is 2.09 bits per heavy atom. The van der Waals surface area contributed by atoms with Gasteiger partial charge in [0.15, 0.2) is 0 Å². The van der Waals surface area contributed by atoms with Gasteiger partial charge in [-0.05, 0) is 27.2 Å². The Morgan fingerprint density at radius 3 is 2.65 bits per heavy atom. The number of aromatic amines is 1. The van der Waals surface area contributed by atoms with Crippen molar-refractivity contribution in [2.45, 2.75) is 46.7 Å². The lowest BCUT2D eigenvalue weighted by molar-refractivity contribution is -0.122. The van der Waals surface area contributed by atoms with Gasteiger partial charge in [-0.15, -0.1) is 11.3 Å². The molecule has 1 atom stereocenters. The minimum atomic E-state index is -0.593. The van der Waals surface area contributed by atoms with Crippen LogP contribution in [0.15, 0.2) is 15.8 Å². The molecule has 2 rings (SSSR count). The van der Waals surface area contributed by atoms with Gasteiger partial charge in [-0.3, -0.25) is 19.1 Å². The van der Waals surface area contributed by atoms with Gasteiger partial charge in [0.25, 0.3) is 5.56 Å². The first kappa shape index (κ1) is 17.1. The normalized spacial score (nSPS) is 12.2. The molecule has 0 spiro atoms. The van der Waals surface area contributed by atoms with E-state index in [0.717, 1.165) is 15.6 Å². The van der Waals surface area contributed by atoms with Gasteiger partial charge in [-0.1, -0.05) is 6.92 Å². The highest BCUT2D eigenvalue weighted by Crippen LogP contribution is 2.24. The molecule has 0 fully saturated rings. The summed E-state index contributed by atoms with van der Waals surface area (Å²) in [6.45, 7) is 7.34. The van der Waals surface area contributed by atoms with E-state index in [-0.39, 0.29) is 18.5 Å². The molecular formula is C15H20N4O3S. The van der Waals surface area contributed by atoms with E-state index >= 15 is 0 Å². The third kappa shape index (κ3) is 3.95. The number of thiazole rings is 1. The van der Waals surface area contributed by atoms with E-state index in [0.29, 0.717) is 12.0 Å². The van der Waals surface area contributed by atoms with E-state index in [4.69, 9.17) is 0 Å². The lowest BCUT2D eigenvalue weighted by Gasteiger charge is -2.15. The number of hydrogen-bond acceptors (Lipinski definition) is 5. The SMILES string of the molecule is CC[C@@H](NC(=O)Cn1cc(C)c(=O)[nH]c1=O)c1nc(C)c(C)s1. The predicted molar refractivity (Wildman–Crippen MR) is 88.8 cm³/mol. The molecule has 8 heteroatoms. The zero-order valence-electron chi connectivity index (χ0n) is 13.6. The number of carbonyl (C=O) groups is 1. The second-order valence-corrected chi connectivity index (χ2v) is 6.66. The first-order chi connectivity index (χ1) is 10.8. The molecule has 0 radical (unpaired) electrons. The Kier molecular flexibility index (Phi) is 5.15. The molecule has 0 saturated heterocycles. The summed E-state index contributed by atoms with van der Waals surface area (Å²) in [7, 11) is 0. The van der Waals surface area contributed by atoms with Crippen LogP contribution >= 0.6 is 11.3 Å². The molecule has 0 aliphatic heterocycles. The Morgan fingerprint density at radius 1 is 1.39 bits per heavy atom. The monoisotopic (exact) mass is 336 g/mol. The molecule has 0 saturated carbocycles. The molecule has 0 unspecified atom stereocenters. The van der Waals surface area contributed by atoms with Gasteiger partial charge in [-0.2, -0.15) is 0 Å². The summed E-state index contributed by atoms with van der Waals surface area (Å²) in [5, 5.41) is 3.75. The second kappa shape index (κ2) is 6.91. The maximum atomic E-state index is 12.2. The van der Waals surface area contributed by atoms with Crippen molar-refractivity contribution in [3.63, 3.8) is 0 Å². The van der Waals surface area contributed by atoms with Crippen LogP contribution in [0.4, 0.5) is 0 Å². The Balaban J connectivity index is 2.13. The van der Waals surface area contributed by atoms with Crippen molar-refractivity contribution < 1.29 is 4.79 Å². The molecule has 2 heterocycles. The fourth-order valence-corrected chi connectivity index (χ4v) is 3.17. The van der Waals surface area contributed by atoms with E-state index in [2.05, 4.69) is 15.3 Å². The molecule has 0 aromatic carbocycles. The van der Waals surface area contributed by atoms with Crippen LogP contribution in [-0.4, -0.2) is 20.4 Å². The van der Waals surface area contributed by atoms with E-state index < -0.39 is 11.2 Å². The highest BCUT2D eigenvalue weighted by molar-refractivity contribution is 7.11. The van der Waals surface area contributed by atoms with Gasteiger partial charge in [-0.25, -0.2) is 9.78 Å². The number of carbonyl (C=O) groups excluding carboxylic acids is 1. The molecule has 1 amide bonds. The van der Waals surface area contributed by atoms with Crippen LogP contribution in [0.25, 0.3) is 0 Å². The van der Waals surface area contributed by atoms with Crippen LogP contribution in [0, 0.1) is 20.8 Å². The third-order valence-corrected chi connectivity index (χ3v) is 4.78. The first-order valence-corrected chi connectivity index (χ1v) is 8.17. The predicted octanol–water partition coefficient (Wildman–Crippen LogP) is 1.19. The van der Waals surface area contributed by atoms with Crippen LogP contribution < -0.4 is 16.6 Å². The summed E-state index contributed by atoms with van der Waals surface area (Å²) in [6, 6.07) is -0.181. The van der Waals surface area contributed by atoms with Crippen LogP contribution in [-0.2, 0) is 11.3 Å². The van der Waals surface area contributed by atoms with Crippen LogP contribution in [0.2, 0.25) is 0 Å². The minimum Gasteiger partial charge on any atom is -0.345 e. The molecule has 2 aromatic heterocycles. The summed E-state index contributed by atoms with van der Waals surface area (Å²) in [4.78, 5) is 43.1. The molecule has 23 heavy (non-hydrogen) atoms. The molecule has 2 N–H and O–H groups in total. The van der Waals surface area contributed by atoms with Crippen LogP contribution in [0.3, 0.4) is 0 Å². The number of hydrogen-bond donors (Lipinski definition) is 2. The first-order valence-electron chi connectivity index (χ1n) is 7.35. The van der Waals surface area contributed by atoms with Crippen molar-refractivity contribution in [1.29, 1.82) is 0 Å². The summed E-state index contributed by atoms with van der Waals surface area (Å²) in [5.74, 6) is -0.295. The largest absolute Gasteiger partial charge is 0.345 e. The van der Waals surface area contributed by atoms with Gasteiger partial charge in [0.05, 0.1) is 11.7 Å². The summed E-state index contributed by atoms with van der Waals surface area (Å²) >= 11 is 1.56. The van der Waals surface area contributed by atoms with Crippen molar-refractivity contribution in [2.75, 3.05) is 0 Å². The maximum Gasteiger partial charge on any atom is 0.328 e. The van der Waals surface area contributed by atoms with E-state index in [1.165, 1.54) is 10.8 Å². The molecule has 2 aromatic rings. The van der Waals surface area contributed by atoms with E-state index in [9.17, 15) is 14.4 Å². The lowest BCUT2D eigenvalue weighted by atomic mass is 10.2. The lowest BCUT2D eigenvalue weighted by Crippen LogP contribution is -2.37. The maximum absolute atomic E-state index is 12.2. The van der Waals surface area contributed by atoms with Gasteiger partial charge in [0.2, 0.25) is 5.91 Å².